The molecule has 1 rings (SSSR count). The van der Waals surface area contributed by atoms with Crippen molar-refractivity contribution in [3.63, 3.8) is 0 Å². The van der Waals surface area contributed by atoms with Gasteiger partial charge in [0.25, 0.3) is 0 Å². The molecule has 74 valence electrons. The molecule has 0 saturated carbocycles. The molecule has 2 atom stereocenters. The number of hydrogen-bond donors (Lipinski definition) is 1. The third kappa shape index (κ3) is 2.40. The van der Waals surface area contributed by atoms with Crippen LogP contribution in [0.15, 0.2) is 0 Å². The van der Waals surface area contributed by atoms with Crippen LogP contribution < -0.4 is 5.32 Å². The molecule has 2 unspecified atom stereocenters. The average Bonchev–Trinajstić information content (AvgIpc) is 2.33. The van der Waals surface area contributed by atoms with Crippen LogP contribution in [0.3, 0.4) is 0 Å². The summed E-state index contributed by atoms with van der Waals surface area (Å²) in [6.07, 6.45) is 0. The van der Waals surface area contributed by atoms with E-state index in [0.29, 0.717) is 0 Å². The normalized spacial score (nSPS) is 27.8. The Hall–Kier alpha value is -0.160. The maximum Gasteiger partial charge on any atom is 0.241 e. The summed E-state index contributed by atoms with van der Waals surface area (Å²) in [5.74, 6) is 1.49. The van der Waals surface area contributed by atoms with Gasteiger partial charge >= 0.3 is 0 Å². The van der Waals surface area contributed by atoms with Gasteiger partial charge < -0.3 is 0 Å². The maximum atomic E-state index is 11.3. The lowest BCUT2D eigenvalue weighted by molar-refractivity contribution is -0.124. The second kappa shape index (κ2) is 4.91. The molecule has 1 aliphatic rings. The molecule has 5 heteroatoms. The average molecular weight is 219 g/mol. The second-order valence-electron chi connectivity index (χ2n) is 2.61. The summed E-state index contributed by atoms with van der Waals surface area (Å²) in [6, 6.07) is 0. The van der Waals surface area contributed by atoms with Crippen molar-refractivity contribution in [3.8, 4) is 0 Å². The molecule has 1 heterocycles. The Labute approximate surface area is 86.4 Å². The molecule has 0 aromatic carbocycles. The minimum Gasteiger partial charge on any atom is -0.294 e. The third-order valence-electron chi connectivity index (χ3n) is 1.73. The fourth-order valence-corrected chi connectivity index (χ4v) is 3.43. The van der Waals surface area contributed by atoms with Gasteiger partial charge in [-0.1, -0.05) is 13.8 Å². The second-order valence-corrected chi connectivity index (χ2v) is 5.44. The van der Waals surface area contributed by atoms with Crippen molar-refractivity contribution in [3.05, 3.63) is 0 Å². The molecule has 2 amide bonds. The number of carbonyl (C=O) groups excluding carboxylic acids is 2. The predicted octanol–water partition coefficient (Wildman–Crippen LogP) is 0.886. The maximum absolute atomic E-state index is 11.3. The van der Waals surface area contributed by atoms with Gasteiger partial charge in [-0.15, -0.1) is 23.5 Å². The Morgan fingerprint density at radius 1 is 1.08 bits per heavy atom. The van der Waals surface area contributed by atoms with E-state index in [4.69, 9.17) is 0 Å². The van der Waals surface area contributed by atoms with Gasteiger partial charge in [0.1, 0.15) is 10.5 Å². The topological polar surface area (TPSA) is 46.2 Å². The zero-order valence-corrected chi connectivity index (χ0v) is 9.33. The van der Waals surface area contributed by atoms with Crippen LogP contribution >= 0.6 is 23.5 Å². The van der Waals surface area contributed by atoms with Crippen LogP contribution in [-0.4, -0.2) is 33.8 Å². The van der Waals surface area contributed by atoms with Gasteiger partial charge in [0.05, 0.1) is 0 Å². The largest absolute Gasteiger partial charge is 0.294 e. The van der Waals surface area contributed by atoms with Crippen molar-refractivity contribution in [1.29, 1.82) is 0 Å². The number of imide groups is 1. The van der Waals surface area contributed by atoms with E-state index in [1.165, 1.54) is 0 Å². The number of amides is 2. The first kappa shape index (κ1) is 10.9. The minimum atomic E-state index is -0.178. The van der Waals surface area contributed by atoms with Crippen LogP contribution in [0.5, 0.6) is 0 Å². The van der Waals surface area contributed by atoms with E-state index in [-0.39, 0.29) is 22.3 Å². The Bertz CT molecular complexity index is 198. The smallest absolute Gasteiger partial charge is 0.241 e. The van der Waals surface area contributed by atoms with Crippen molar-refractivity contribution in [2.75, 3.05) is 11.5 Å². The van der Waals surface area contributed by atoms with E-state index >= 15 is 0 Å². The Kier molecular flexibility index (Phi) is 4.12. The Morgan fingerprint density at radius 2 is 1.46 bits per heavy atom. The van der Waals surface area contributed by atoms with Crippen LogP contribution in [0.4, 0.5) is 0 Å². The van der Waals surface area contributed by atoms with E-state index in [1.54, 1.807) is 23.5 Å². The lowest BCUT2D eigenvalue weighted by Gasteiger charge is -2.11. The molecule has 0 aliphatic carbocycles. The summed E-state index contributed by atoms with van der Waals surface area (Å²) in [7, 11) is 0. The van der Waals surface area contributed by atoms with Gasteiger partial charge in [0, 0.05) is 0 Å². The van der Waals surface area contributed by atoms with E-state index in [1.807, 2.05) is 13.8 Å². The Morgan fingerprint density at radius 3 is 1.77 bits per heavy atom. The molecule has 1 aliphatic heterocycles. The van der Waals surface area contributed by atoms with E-state index in [0.717, 1.165) is 11.5 Å². The van der Waals surface area contributed by atoms with E-state index in [2.05, 4.69) is 5.32 Å². The van der Waals surface area contributed by atoms with Crippen molar-refractivity contribution in [2.45, 2.75) is 24.3 Å². The lowest BCUT2D eigenvalue weighted by Crippen LogP contribution is -2.23. The highest BCUT2D eigenvalue weighted by molar-refractivity contribution is 8.04. The number of thioether (sulfide) groups is 2. The fraction of sp³-hybridized carbons (Fsp3) is 0.750. The first-order chi connectivity index (χ1) is 6.20. The first-order valence-corrected chi connectivity index (χ1v) is 6.38. The predicted molar refractivity (Wildman–Crippen MR) is 57.0 cm³/mol. The third-order valence-corrected chi connectivity index (χ3v) is 4.26. The summed E-state index contributed by atoms with van der Waals surface area (Å²) in [4.78, 5) is 22.6. The van der Waals surface area contributed by atoms with Crippen molar-refractivity contribution >= 4 is 35.3 Å². The van der Waals surface area contributed by atoms with E-state index in [9.17, 15) is 9.59 Å². The monoisotopic (exact) mass is 219 g/mol. The van der Waals surface area contributed by atoms with Crippen LogP contribution in [-0.2, 0) is 9.59 Å². The van der Waals surface area contributed by atoms with Crippen molar-refractivity contribution in [1.82, 2.24) is 5.32 Å². The van der Waals surface area contributed by atoms with E-state index < -0.39 is 0 Å². The lowest BCUT2D eigenvalue weighted by atomic mass is 10.3. The quantitative estimate of drug-likeness (QED) is 0.713. The highest BCUT2D eigenvalue weighted by Crippen LogP contribution is 2.28. The minimum absolute atomic E-state index is 0.122. The highest BCUT2D eigenvalue weighted by Gasteiger charge is 2.41. The molecular weight excluding hydrogens is 206 g/mol. The SMILES string of the molecule is CCSC1C(=O)NC(=O)C1SCC. The molecular formula is C8H13NO2S2. The summed E-state index contributed by atoms with van der Waals surface area (Å²) < 4.78 is 0. The number of hydrogen-bond acceptors (Lipinski definition) is 4. The number of nitrogens with one attached hydrogen (secondary N) is 1. The summed E-state index contributed by atoms with van der Waals surface area (Å²) >= 11 is 3.09. The highest BCUT2D eigenvalue weighted by atomic mass is 32.2. The van der Waals surface area contributed by atoms with Gasteiger partial charge in [-0.25, -0.2) is 0 Å². The molecule has 0 spiro atoms. The molecule has 1 saturated heterocycles. The number of carbonyl (C=O) groups is 2. The number of rotatable bonds is 4. The molecule has 1 N–H and O–H groups in total. The van der Waals surface area contributed by atoms with Crippen molar-refractivity contribution in [2.24, 2.45) is 0 Å². The summed E-state index contributed by atoms with van der Waals surface area (Å²) in [5, 5.41) is 2.01. The molecule has 0 aromatic heterocycles. The van der Waals surface area contributed by atoms with Gasteiger partial charge in [-0.05, 0) is 11.5 Å². The molecule has 0 aromatic rings. The standard InChI is InChI=1S/C8H13NO2S2/c1-3-12-5-6(13-4-2)8(11)9-7(5)10/h5-6H,3-4H2,1-2H3,(H,9,10,11). The zero-order valence-electron chi connectivity index (χ0n) is 7.70. The molecule has 13 heavy (non-hydrogen) atoms. The van der Waals surface area contributed by atoms with Crippen LogP contribution in [0.25, 0.3) is 0 Å². The fourth-order valence-electron chi connectivity index (χ4n) is 1.22. The van der Waals surface area contributed by atoms with Crippen LogP contribution in [0.1, 0.15) is 13.8 Å². The molecule has 0 radical (unpaired) electrons. The zero-order chi connectivity index (χ0) is 9.84. The van der Waals surface area contributed by atoms with Gasteiger partial charge in [0.2, 0.25) is 11.8 Å². The van der Waals surface area contributed by atoms with Crippen LogP contribution in [0, 0.1) is 0 Å². The summed E-state index contributed by atoms with van der Waals surface area (Å²) in [5.41, 5.74) is 0. The summed E-state index contributed by atoms with van der Waals surface area (Å²) in [6.45, 7) is 3.99. The molecule has 0 bridgehead atoms. The Balaban J connectivity index is 2.65. The first-order valence-electron chi connectivity index (χ1n) is 4.28. The van der Waals surface area contributed by atoms with Crippen molar-refractivity contribution < 1.29 is 9.59 Å². The van der Waals surface area contributed by atoms with Gasteiger partial charge in [0.15, 0.2) is 0 Å². The molecule has 1 fully saturated rings. The van der Waals surface area contributed by atoms with Gasteiger partial charge in [-0.2, -0.15) is 0 Å². The van der Waals surface area contributed by atoms with Gasteiger partial charge in [-0.3, -0.25) is 14.9 Å². The van der Waals surface area contributed by atoms with Crippen LogP contribution in [0.2, 0.25) is 0 Å². The molecule has 3 nitrogen and oxygen atoms in total.